The largest absolute Gasteiger partial charge is 0.448 e. The van der Waals surface area contributed by atoms with E-state index in [2.05, 4.69) is 10.3 Å². The van der Waals surface area contributed by atoms with E-state index in [0.29, 0.717) is 5.76 Å². The number of nitrogens with zero attached hydrogens (tertiary/aromatic N) is 1. The Balaban J connectivity index is 1.53. The minimum atomic E-state index is -0.233. The van der Waals surface area contributed by atoms with E-state index in [-0.39, 0.29) is 17.7 Å². The van der Waals surface area contributed by atoms with E-state index < -0.39 is 0 Å². The van der Waals surface area contributed by atoms with Crippen LogP contribution in [0.15, 0.2) is 71.1 Å². The topological polar surface area (TPSA) is 55.1 Å². The number of rotatable bonds is 4. The molecule has 5 heteroatoms. The van der Waals surface area contributed by atoms with Crippen LogP contribution in [0, 0.1) is 0 Å². The Morgan fingerprint density at radius 1 is 1.04 bits per heavy atom. The average Bonchev–Trinajstić information content (AvgIpc) is 3.29. The summed E-state index contributed by atoms with van der Waals surface area (Å²) in [6.07, 6.45) is 0. The number of furan rings is 1. The van der Waals surface area contributed by atoms with Gasteiger partial charge in [-0.05, 0) is 36.8 Å². The molecule has 1 atom stereocenters. The Bertz CT molecular complexity index is 987. The van der Waals surface area contributed by atoms with Crippen molar-refractivity contribution in [2.24, 2.45) is 0 Å². The van der Waals surface area contributed by atoms with Crippen molar-refractivity contribution in [3.05, 3.63) is 78.1 Å². The average molecular weight is 348 g/mol. The molecule has 4 aromatic rings. The lowest BCUT2D eigenvalue weighted by molar-refractivity contribution is 0.0912. The molecule has 0 aliphatic rings. The van der Waals surface area contributed by atoms with Crippen molar-refractivity contribution in [2.45, 2.75) is 13.0 Å². The van der Waals surface area contributed by atoms with Crippen LogP contribution in [-0.4, -0.2) is 10.9 Å². The molecule has 2 aromatic carbocycles. The first-order chi connectivity index (χ1) is 12.2. The highest BCUT2D eigenvalue weighted by molar-refractivity contribution is 7.21. The second-order valence-electron chi connectivity index (χ2n) is 5.76. The van der Waals surface area contributed by atoms with Gasteiger partial charge in [0, 0.05) is 0 Å². The summed E-state index contributed by atoms with van der Waals surface area (Å²) in [5, 5.41) is 3.73. The third-order valence-corrected chi connectivity index (χ3v) is 5.03. The van der Waals surface area contributed by atoms with Crippen molar-refractivity contribution in [1.82, 2.24) is 10.3 Å². The van der Waals surface area contributed by atoms with E-state index in [9.17, 15) is 4.79 Å². The minimum Gasteiger partial charge on any atom is -0.448 e. The number of fused-ring (bicyclic) bond motifs is 1. The number of benzene rings is 2. The zero-order chi connectivity index (χ0) is 17.2. The molecular formula is C20H16N2O2S. The van der Waals surface area contributed by atoms with Crippen molar-refractivity contribution < 1.29 is 9.21 Å². The third-order valence-electron chi connectivity index (χ3n) is 3.98. The van der Waals surface area contributed by atoms with Crippen LogP contribution in [0.4, 0.5) is 0 Å². The summed E-state index contributed by atoms with van der Waals surface area (Å²) in [5.41, 5.74) is 1.98. The van der Waals surface area contributed by atoms with Gasteiger partial charge in [0.2, 0.25) is 0 Å². The zero-order valence-electron chi connectivity index (χ0n) is 13.6. The van der Waals surface area contributed by atoms with Crippen LogP contribution in [0.5, 0.6) is 0 Å². The standard InChI is InChI=1S/C20H16N2O2S/c1-13(14-7-3-2-4-8-14)21-19(23)16-11-12-17(24-16)20-22-15-9-5-6-10-18(15)25-20/h2-13H,1H3,(H,21,23)/t13-/m1/s1. The van der Waals surface area contributed by atoms with Crippen LogP contribution in [0.3, 0.4) is 0 Å². The summed E-state index contributed by atoms with van der Waals surface area (Å²) in [4.78, 5) is 17.0. The van der Waals surface area contributed by atoms with Gasteiger partial charge in [-0.3, -0.25) is 4.79 Å². The quantitative estimate of drug-likeness (QED) is 0.562. The lowest BCUT2D eigenvalue weighted by Gasteiger charge is -2.12. The molecule has 0 saturated heterocycles. The lowest BCUT2D eigenvalue weighted by atomic mass is 10.1. The van der Waals surface area contributed by atoms with Crippen LogP contribution >= 0.6 is 11.3 Å². The summed E-state index contributed by atoms with van der Waals surface area (Å²) < 4.78 is 6.83. The molecule has 4 nitrogen and oxygen atoms in total. The van der Waals surface area contributed by atoms with E-state index in [4.69, 9.17) is 4.42 Å². The Morgan fingerprint density at radius 2 is 1.80 bits per heavy atom. The SMILES string of the molecule is C[C@@H](NC(=O)c1ccc(-c2nc3ccccc3s2)o1)c1ccccc1. The summed E-state index contributed by atoms with van der Waals surface area (Å²) in [6.45, 7) is 1.95. The van der Waals surface area contributed by atoms with Crippen molar-refractivity contribution in [3.63, 3.8) is 0 Å². The summed E-state index contributed by atoms with van der Waals surface area (Å²) in [6, 6.07) is 21.1. The van der Waals surface area contributed by atoms with Gasteiger partial charge in [0.25, 0.3) is 5.91 Å². The highest BCUT2D eigenvalue weighted by Gasteiger charge is 2.17. The predicted octanol–water partition coefficient (Wildman–Crippen LogP) is 5.05. The molecule has 4 rings (SSSR count). The van der Waals surface area contributed by atoms with Gasteiger partial charge in [0.1, 0.15) is 0 Å². The van der Waals surface area contributed by atoms with E-state index in [1.807, 2.05) is 61.5 Å². The van der Waals surface area contributed by atoms with Gasteiger partial charge >= 0.3 is 0 Å². The Hall–Kier alpha value is -2.92. The highest BCUT2D eigenvalue weighted by Crippen LogP contribution is 2.31. The van der Waals surface area contributed by atoms with E-state index in [1.165, 1.54) is 0 Å². The van der Waals surface area contributed by atoms with Crippen molar-refractivity contribution in [2.75, 3.05) is 0 Å². The molecule has 124 valence electrons. The first-order valence-electron chi connectivity index (χ1n) is 8.02. The van der Waals surface area contributed by atoms with Crippen LogP contribution in [0.25, 0.3) is 21.0 Å². The molecule has 0 unspecified atom stereocenters. The first-order valence-corrected chi connectivity index (χ1v) is 8.84. The van der Waals surface area contributed by atoms with E-state index >= 15 is 0 Å². The van der Waals surface area contributed by atoms with E-state index in [1.54, 1.807) is 23.5 Å². The Kier molecular flexibility index (Phi) is 4.07. The van der Waals surface area contributed by atoms with Crippen LogP contribution in [0.2, 0.25) is 0 Å². The zero-order valence-corrected chi connectivity index (χ0v) is 14.4. The molecule has 0 aliphatic heterocycles. The van der Waals surface area contributed by atoms with Crippen molar-refractivity contribution in [1.29, 1.82) is 0 Å². The number of amides is 1. The molecule has 0 bridgehead atoms. The normalized spacial score (nSPS) is 12.2. The Labute approximate surface area is 149 Å². The van der Waals surface area contributed by atoms with Gasteiger partial charge in [-0.25, -0.2) is 4.98 Å². The highest BCUT2D eigenvalue weighted by atomic mass is 32.1. The molecule has 0 fully saturated rings. The molecule has 0 aliphatic carbocycles. The van der Waals surface area contributed by atoms with Crippen molar-refractivity contribution in [3.8, 4) is 10.8 Å². The van der Waals surface area contributed by atoms with Crippen molar-refractivity contribution >= 4 is 27.5 Å². The smallest absolute Gasteiger partial charge is 0.287 e. The number of carbonyl (C=O) groups excluding carboxylic acids is 1. The molecular weight excluding hydrogens is 332 g/mol. The Morgan fingerprint density at radius 3 is 2.60 bits per heavy atom. The maximum absolute atomic E-state index is 12.4. The molecule has 2 aromatic heterocycles. The van der Waals surface area contributed by atoms with Crippen LogP contribution in [-0.2, 0) is 0 Å². The van der Waals surface area contributed by atoms with Gasteiger partial charge in [-0.1, -0.05) is 42.5 Å². The number of para-hydroxylation sites is 1. The van der Waals surface area contributed by atoms with Crippen LogP contribution in [0.1, 0.15) is 29.1 Å². The number of hydrogen-bond acceptors (Lipinski definition) is 4. The van der Waals surface area contributed by atoms with Gasteiger partial charge < -0.3 is 9.73 Å². The minimum absolute atomic E-state index is 0.0929. The molecule has 2 heterocycles. The molecule has 1 N–H and O–H groups in total. The number of carbonyl (C=O) groups is 1. The molecule has 0 spiro atoms. The second-order valence-corrected chi connectivity index (χ2v) is 6.79. The number of hydrogen-bond donors (Lipinski definition) is 1. The fourth-order valence-corrected chi connectivity index (χ4v) is 3.57. The first kappa shape index (κ1) is 15.6. The number of aromatic nitrogens is 1. The molecule has 0 saturated carbocycles. The number of thiazole rings is 1. The summed E-state index contributed by atoms with van der Waals surface area (Å²) in [5.74, 6) is 0.666. The monoisotopic (exact) mass is 348 g/mol. The van der Waals surface area contributed by atoms with Gasteiger partial charge in [0.15, 0.2) is 16.5 Å². The molecule has 0 radical (unpaired) electrons. The fourth-order valence-electron chi connectivity index (χ4n) is 2.65. The third kappa shape index (κ3) is 3.19. The number of nitrogens with one attached hydrogen (secondary N) is 1. The maximum Gasteiger partial charge on any atom is 0.287 e. The molecule has 1 amide bonds. The maximum atomic E-state index is 12.4. The summed E-state index contributed by atoms with van der Waals surface area (Å²) >= 11 is 1.55. The predicted molar refractivity (Wildman–Crippen MR) is 99.6 cm³/mol. The van der Waals surface area contributed by atoms with Gasteiger partial charge in [-0.15, -0.1) is 11.3 Å². The van der Waals surface area contributed by atoms with E-state index in [0.717, 1.165) is 20.8 Å². The second kappa shape index (κ2) is 6.53. The lowest BCUT2D eigenvalue weighted by Crippen LogP contribution is -2.26. The van der Waals surface area contributed by atoms with Crippen LogP contribution < -0.4 is 5.32 Å². The van der Waals surface area contributed by atoms with Gasteiger partial charge in [-0.2, -0.15) is 0 Å². The fraction of sp³-hybridized carbons (Fsp3) is 0.100. The molecule has 25 heavy (non-hydrogen) atoms. The van der Waals surface area contributed by atoms with Gasteiger partial charge in [0.05, 0.1) is 16.3 Å². The summed E-state index contributed by atoms with van der Waals surface area (Å²) in [7, 11) is 0.